The minimum absolute atomic E-state index is 0.290. The summed E-state index contributed by atoms with van der Waals surface area (Å²) < 4.78 is 5.11. The number of rotatable bonds is 3. The molecule has 2 aromatic heterocycles. The van der Waals surface area contributed by atoms with Crippen molar-refractivity contribution in [3.05, 3.63) is 23.4 Å². The number of carbonyl (C=O) groups excluding carboxylic acids is 1. The number of carbonyl (C=O) groups is 1. The number of amides is 1. The van der Waals surface area contributed by atoms with Crippen molar-refractivity contribution in [3.63, 3.8) is 0 Å². The molecule has 1 N–H and O–H groups in total. The number of nitrogens with one attached hydrogen (secondary N) is 1. The van der Waals surface area contributed by atoms with Crippen molar-refractivity contribution in [2.24, 2.45) is 0 Å². The molecule has 1 aliphatic rings. The number of hydrogen-bond donors (Lipinski definition) is 1. The zero-order valence-corrected chi connectivity index (χ0v) is 9.03. The summed E-state index contributed by atoms with van der Waals surface area (Å²) in [6.07, 6.45) is 3.46. The van der Waals surface area contributed by atoms with E-state index in [0.717, 1.165) is 18.5 Å². The predicted molar refractivity (Wildman–Crippen MR) is 56.3 cm³/mol. The van der Waals surface area contributed by atoms with E-state index in [1.807, 2.05) is 0 Å². The number of hydrogen-bond acceptors (Lipinski definition) is 6. The SMILES string of the molecule is O=C(Nc1nncs1)c1ocnc1C1CC1. The van der Waals surface area contributed by atoms with E-state index in [-0.39, 0.29) is 11.7 Å². The molecule has 0 aromatic carbocycles. The van der Waals surface area contributed by atoms with Crippen molar-refractivity contribution in [1.29, 1.82) is 0 Å². The van der Waals surface area contributed by atoms with Gasteiger partial charge in [0.1, 0.15) is 5.51 Å². The largest absolute Gasteiger partial charge is 0.438 e. The molecule has 0 unspecified atom stereocenters. The first-order valence-corrected chi connectivity index (χ1v) is 5.73. The van der Waals surface area contributed by atoms with Crippen LogP contribution in [0.3, 0.4) is 0 Å². The molecule has 1 saturated carbocycles. The maximum absolute atomic E-state index is 11.8. The van der Waals surface area contributed by atoms with Crippen LogP contribution in [0.1, 0.15) is 35.0 Å². The van der Waals surface area contributed by atoms with Gasteiger partial charge in [0.15, 0.2) is 6.39 Å². The average molecular weight is 236 g/mol. The zero-order valence-electron chi connectivity index (χ0n) is 8.21. The number of oxazole rings is 1. The third-order valence-electron chi connectivity index (χ3n) is 2.35. The van der Waals surface area contributed by atoms with Gasteiger partial charge in [-0.1, -0.05) is 11.3 Å². The molecule has 0 bridgehead atoms. The minimum atomic E-state index is -0.309. The molecule has 0 atom stereocenters. The van der Waals surface area contributed by atoms with Gasteiger partial charge in [-0.15, -0.1) is 10.2 Å². The normalized spacial score (nSPS) is 15.0. The van der Waals surface area contributed by atoms with Gasteiger partial charge < -0.3 is 4.42 Å². The topological polar surface area (TPSA) is 80.9 Å². The summed E-state index contributed by atoms with van der Waals surface area (Å²) in [4.78, 5) is 15.9. The van der Waals surface area contributed by atoms with Crippen LogP contribution in [-0.2, 0) is 0 Å². The quantitative estimate of drug-likeness (QED) is 0.876. The Kier molecular flexibility index (Phi) is 2.17. The Morgan fingerprint density at radius 2 is 2.44 bits per heavy atom. The first-order chi connectivity index (χ1) is 7.84. The van der Waals surface area contributed by atoms with Crippen molar-refractivity contribution in [2.45, 2.75) is 18.8 Å². The summed E-state index contributed by atoms with van der Waals surface area (Å²) in [5.41, 5.74) is 2.31. The highest BCUT2D eigenvalue weighted by molar-refractivity contribution is 7.13. The highest BCUT2D eigenvalue weighted by Gasteiger charge is 2.32. The lowest BCUT2D eigenvalue weighted by molar-refractivity contribution is 0.0995. The fraction of sp³-hybridized carbons (Fsp3) is 0.333. The molecule has 0 saturated heterocycles. The Balaban J connectivity index is 1.80. The van der Waals surface area contributed by atoms with E-state index in [0.29, 0.717) is 11.0 Å². The molecule has 0 aliphatic heterocycles. The molecule has 16 heavy (non-hydrogen) atoms. The van der Waals surface area contributed by atoms with Gasteiger partial charge in [-0.25, -0.2) is 4.98 Å². The maximum Gasteiger partial charge on any atom is 0.295 e. The third kappa shape index (κ3) is 1.69. The molecule has 1 fully saturated rings. The van der Waals surface area contributed by atoms with Crippen LogP contribution in [0, 0.1) is 0 Å². The van der Waals surface area contributed by atoms with E-state index < -0.39 is 0 Å². The Hall–Kier alpha value is -1.76. The Morgan fingerprint density at radius 1 is 1.56 bits per heavy atom. The predicted octanol–water partition coefficient (Wildman–Crippen LogP) is 1.66. The van der Waals surface area contributed by atoms with Gasteiger partial charge in [-0.3, -0.25) is 10.1 Å². The zero-order chi connectivity index (χ0) is 11.0. The van der Waals surface area contributed by atoms with Crippen LogP contribution in [0.2, 0.25) is 0 Å². The fourth-order valence-corrected chi connectivity index (χ4v) is 1.89. The van der Waals surface area contributed by atoms with Gasteiger partial charge in [0.25, 0.3) is 5.91 Å². The van der Waals surface area contributed by atoms with Crippen LogP contribution in [0.4, 0.5) is 5.13 Å². The van der Waals surface area contributed by atoms with Crippen molar-refractivity contribution in [2.75, 3.05) is 5.32 Å². The average Bonchev–Trinajstić information content (AvgIpc) is 2.82. The van der Waals surface area contributed by atoms with Crippen LogP contribution in [-0.4, -0.2) is 21.1 Å². The lowest BCUT2D eigenvalue weighted by atomic mass is 10.2. The number of anilines is 1. The van der Waals surface area contributed by atoms with Crippen molar-refractivity contribution in [1.82, 2.24) is 15.2 Å². The van der Waals surface area contributed by atoms with Crippen LogP contribution < -0.4 is 5.32 Å². The van der Waals surface area contributed by atoms with Crippen molar-refractivity contribution >= 4 is 22.4 Å². The van der Waals surface area contributed by atoms with Crippen LogP contribution in [0.25, 0.3) is 0 Å². The van der Waals surface area contributed by atoms with E-state index in [1.54, 1.807) is 5.51 Å². The van der Waals surface area contributed by atoms with Crippen LogP contribution in [0.15, 0.2) is 16.3 Å². The van der Waals surface area contributed by atoms with Crippen molar-refractivity contribution in [3.8, 4) is 0 Å². The Labute approximate surface area is 94.7 Å². The van der Waals surface area contributed by atoms with E-state index in [1.165, 1.54) is 17.7 Å². The monoisotopic (exact) mass is 236 g/mol. The van der Waals surface area contributed by atoms with E-state index in [9.17, 15) is 4.79 Å². The lowest BCUT2D eigenvalue weighted by Crippen LogP contribution is -2.12. The molecule has 7 heteroatoms. The minimum Gasteiger partial charge on any atom is -0.438 e. The van der Waals surface area contributed by atoms with E-state index in [2.05, 4.69) is 20.5 Å². The molecule has 2 aromatic rings. The summed E-state index contributed by atoms with van der Waals surface area (Å²) in [6.45, 7) is 0. The summed E-state index contributed by atoms with van der Waals surface area (Å²) in [6, 6.07) is 0. The summed E-state index contributed by atoms with van der Waals surface area (Å²) in [7, 11) is 0. The van der Waals surface area contributed by atoms with Gasteiger partial charge in [0.2, 0.25) is 10.9 Å². The van der Waals surface area contributed by atoms with Crippen LogP contribution in [0.5, 0.6) is 0 Å². The highest BCUT2D eigenvalue weighted by atomic mass is 32.1. The Bertz CT molecular complexity index is 503. The lowest BCUT2D eigenvalue weighted by Gasteiger charge is -1.98. The van der Waals surface area contributed by atoms with Gasteiger partial charge in [-0.2, -0.15) is 0 Å². The summed E-state index contributed by atoms with van der Waals surface area (Å²) in [5, 5.41) is 10.4. The van der Waals surface area contributed by atoms with E-state index >= 15 is 0 Å². The van der Waals surface area contributed by atoms with E-state index in [4.69, 9.17) is 4.42 Å². The highest BCUT2D eigenvalue weighted by Crippen LogP contribution is 2.40. The van der Waals surface area contributed by atoms with Crippen molar-refractivity contribution < 1.29 is 9.21 Å². The second-order valence-electron chi connectivity index (χ2n) is 3.54. The molecule has 82 valence electrons. The molecule has 2 heterocycles. The molecule has 1 amide bonds. The fourth-order valence-electron chi connectivity index (χ4n) is 1.45. The molecular weight excluding hydrogens is 228 g/mol. The first kappa shape index (κ1) is 9.46. The van der Waals surface area contributed by atoms with Gasteiger partial charge >= 0.3 is 0 Å². The molecule has 6 nitrogen and oxygen atoms in total. The smallest absolute Gasteiger partial charge is 0.295 e. The van der Waals surface area contributed by atoms with Gasteiger partial charge in [0.05, 0.1) is 5.69 Å². The third-order valence-corrected chi connectivity index (χ3v) is 2.95. The molecule has 3 rings (SSSR count). The summed E-state index contributed by atoms with van der Waals surface area (Å²) in [5.74, 6) is 0.364. The van der Waals surface area contributed by atoms with Crippen LogP contribution >= 0.6 is 11.3 Å². The molecule has 0 spiro atoms. The second kappa shape index (κ2) is 3.67. The number of aromatic nitrogens is 3. The number of nitrogens with zero attached hydrogens (tertiary/aromatic N) is 3. The maximum atomic E-state index is 11.8. The van der Waals surface area contributed by atoms with Gasteiger partial charge in [-0.05, 0) is 12.8 Å². The summed E-state index contributed by atoms with van der Waals surface area (Å²) >= 11 is 1.26. The molecular formula is C9H8N4O2S. The molecule has 1 aliphatic carbocycles. The Morgan fingerprint density at radius 3 is 3.12 bits per heavy atom. The first-order valence-electron chi connectivity index (χ1n) is 4.85. The standard InChI is InChI=1S/C9H8N4O2S/c14-8(12-9-13-11-4-16-9)7-6(5-1-2-5)10-3-15-7/h3-5H,1-2H2,(H,12,13,14). The second-order valence-corrected chi connectivity index (χ2v) is 4.37. The van der Waals surface area contributed by atoms with Gasteiger partial charge in [0, 0.05) is 5.92 Å². The molecule has 0 radical (unpaired) electrons.